The number of nitrogens with one attached hydrogen (secondary N) is 1. The van der Waals surface area contributed by atoms with E-state index in [1.165, 1.54) is 19.2 Å². The Morgan fingerprint density at radius 3 is 2.10 bits per heavy atom. The van der Waals surface area contributed by atoms with Gasteiger partial charge in [0.15, 0.2) is 0 Å². The lowest BCUT2D eigenvalue weighted by molar-refractivity contribution is 0.00578. The summed E-state index contributed by atoms with van der Waals surface area (Å²) in [6, 6.07) is 20.4. The van der Waals surface area contributed by atoms with Crippen LogP contribution in [-0.2, 0) is 18.8 Å². The van der Waals surface area contributed by atoms with Crippen LogP contribution in [0.15, 0.2) is 72.2 Å². The number of ether oxygens (including phenoxy) is 2. The number of esters is 1. The molecule has 0 radical (unpaired) electrons. The topological polar surface area (TPSA) is 83.1 Å². The van der Waals surface area contributed by atoms with E-state index in [0.717, 1.165) is 22.3 Å². The predicted molar refractivity (Wildman–Crippen MR) is 155 cm³/mol. The van der Waals surface area contributed by atoms with Gasteiger partial charge in [-0.15, -0.1) is 0 Å². The lowest BCUT2D eigenvalue weighted by atomic mass is 9.77. The summed E-state index contributed by atoms with van der Waals surface area (Å²) < 4.78 is 37.4. The minimum Gasteiger partial charge on any atom is -0.465 e. The van der Waals surface area contributed by atoms with Crippen molar-refractivity contribution in [1.82, 2.24) is 5.32 Å². The first-order chi connectivity index (χ1) is 19.5. The molecular weight excluding hydrogens is 524 g/mol. The average molecular weight is 557 g/mol. The maximum atomic E-state index is 14.7. The molecule has 2 aliphatic rings. The molecule has 9 heteroatoms. The van der Waals surface area contributed by atoms with E-state index >= 15 is 0 Å². The molecule has 3 aromatic carbocycles. The van der Waals surface area contributed by atoms with Crippen molar-refractivity contribution in [3.63, 3.8) is 0 Å². The molecule has 212 valence electrons. The van der Waals surface area contributed by atoms with E-state index < -0.39 is 36.2 Å². The second-order valence-corrected chi connectivity index (χ2v) is 11.2. The summed E-state index contributed by atoms with van der Waals surface area (Å²) in [6.07, 6.45) is 1.08. The van der Waals surface area contributed by atoms with Crippen molar-refractivity contribution in [3.8, 4) is 11.1 Å². The van der Waals surface area contributed by atoms with Crippen molar-refractivity contribution in [3.05, 3.63) is 100 Å². The number of carbonyl (C=O) groups excluding carboxylic acids is 2. The van der Waals surface area contributed by atoms with Crippen molar-refractivity contribution in [2.45, 2.75) is 44.8 Å². The zero-order chi connectivity index (χ0) is 29.4. The van der Waals surface area contributed by atoms with Crippen LogP contribution in [0.5, 0.6) is 0 Å². The smallest absolute Gasteiger partial charge is 0.465 e. The largest absolute Gasteiger partial charge is 0.492 e. The van der Waals surface area contributed by atoms with E-state index in [9.17, 15) is 14.0 Å². The molecule has 7 nitrogen and oxygen atoms in total. The zero-order valence-corrected chi connectivity index (χ0v) is 23.8. The van der Waals surface area contributed by atoms with Gasteiger partial charge in [0, 0.05) is 12.5 Å². The van der Waals surface area contributed by atoms with Crippen molar-refractivity contribution >= 4 is 25.3 Å². The van der Waals surface area contributed by atoms with E-state index in [1.54, 1.807) is 12.1 Å². The van der Waals surface area contributed by atoms with Gasteiger partial charge in [-0.3, -0.25) is 0 Å². The van der Waals surface area contributed by atoms with Crippen LogP contribution in [0.3, 0.4) is 0 Å². The third-order valence-corrected chi connectivity index (χ3v) is 8.09. The molecule has 1 amide bonds. The van der Waals surface area contributed by atoms with Crippen LogP contribution < -0.4 is 5.32 Å². The summed E-state index contributed by atoms with van der Waals surface area (Å²) in [4.78, 5) is 24.7. The van der Waals surface area contributed by atoms with Crippen molar-refractivity contribution in [2.24, 2.45) is 0 Å². The Morgan fingerprint density at radius 1 is 0.951 bits per heavy atom. The zero-order valence-electron chi connectivity index (χ0n) is 23.8. The fourth-order valence-corrected chi connectivity index (χ4v) is 5.13. The second kappa shape index (κ2) is 11.1. The lowest BCUT2D eigenvalue weighted by Crippen LogP contribution is -2.41. The maximum absolute atomic E-state index is 14.7. The van der Waals surface area contributed by atoms with Gasteiger partial charge in [-0.05, 0) is 73.1 Å². The van der Waals surface area contributed by atoms with Crippen LogP contribution in [0.2, 0.25) is 0 Å². The molecule has 1 N–H and O–H groups in total. The normalized spacial score (nSPS) is 17.1. The third-order valence-electron chi connectivity index (χ3n) is 8.09. The van der Waals surface area contributed by atoms with E-state index in [2.05, 4.69) is 34.3 Å². The highest BCUT2D eigenvalue weighted by molar-refractivity contribution is 6.56. The van der Waals surface area contributed by atoms with Crippen molar-refractivity contribution in [2.75, 3.05) is 20.3 Å². The van der Waals surface area contributed by atoms with Crippen LogP contribution in [-0.4, -0.2) is 50.6 Å². The molecule has 1 fully saturated rings. The van der Waals surface area contributed by atoms with E-state index in [-0.39, 0.29) is 24.6 Å². The molecule has 3 aromatic rings. The minimum atomic E-state index is -0.794. The van der Waals surface area contributed by atoms with Crippen molar-refractivity contribution in [1.29, 1.82) is 0 Å². The summed E-state index contributed by atoms with van der Waals surface area (Å²) >= 11 is 0. The van der Waals surface area contributed by atoms with Crippen LogP contribution in [0, 0.1) is 5.82 Å². The highest BCUT2D eigenvalue weighted by Crippen LogP contribution is 2.44. The van der Waals surface area contributed by atoms with Crippen LogP contribution in [0.1, 0.15) is 60.7 Å². The van der Waals surface area contributed by atoms with Gasteiger partial charge >= 0.3 is 19.2 Å². The summed E-state index contributed by atoms with van der Waals surface area (Å²) in [5, 5.41) is 2.80. The quantitative estimate of drug-likeness (QED) is 0.277. The SMILES string of the molecule is COC(=O)c1ccc(C=C(CNC(=O)OCC2c3ccccc3-c3ccccc32)B2OC(C)(C)C(C)(C)O2)cc1F. The summed E-state index contributed by atoms with van der Waals surface area (Å²) in [7, 11) is 0.401. The number of hydrogen-bond donors (Lipinski definition) is 1. The summed E-state index contributed by atoms with van der Waals surface area (Å²) in [5.41, 5.74) is 4.15. The Kier molecular flexibility index (Phi) is 7.77. The highest BCUT2D eigenvalue weighted by Gasteiger charge is 2.52. The number of carbonyl (C=O) groups is 2. The van der Waals surface area contributed by atoms with E-state index in [0.29, 0.717) is 11.0 Å². The van der Waals surface area contributed by atoms with Crippen LogP contribution in [0.25, 0.3) is 17.2 Å². The van der Waals surface area contributed by atoms with Gasteiger partial charge < -0.3 is 24.1 Å². The number of amides is 1. The number of halogens is 1. The number of rotatable bonds is 7. The molecule has 1 saturated heterocycles. The third kappa shape index (κ3) is 5.65. The second-order valence-electron chi connectivity index (χ2n) is 11.2. The van der Waals surface area contributed by atoms with Crippen LogP contribution in [0.4, 0.5) is 9.18 Å². The molecule has 41 heavy (non-hydrogen) atoms. The van der Waals surface area contributed by atoms with Gasteiger partial charge in [-0.1, -0.05) is 60.7 Å². The molecule has 0 bridgehead atoms. The van der Waals surface area contributed by atoms with Gasteiger partial charge in [0.1, 0.15) is 12.4 Å². The first kappa shape index (κ1) is 28.6. The molecular formula is C32H33BFNO6. The number of hydrogen-bond acceptors (Lipinski definition) is 6. The summed E-state index contributed by atoms with van der Waals surface area (Å²) in [5.74, 6) is -1.55. The molecule has 1 aliphatic carbocycles. The lowest BCUT2D eigenvalue weighted by Gasteiger charge is -2.32. The molecule has 0 unspecified atom stereocenters. The highest BCUT2D eigenvalue weighted by atomic mass is 19.1. The fourth-order valence-electron chi connectivity index (χ4n) is 5.13. The number of methoxy groups -OCH3 is 1. The first-order valence-corrected chi connectivity index (χ1v) is 13.5. The molecule has 1 aliphatic heterocycles. The standard InChI is InChI=1S/C32H33BFNO6/c1-31(2)32(3,4)41-33(40-31)21(16-20-14-15-26(28(34)17-20)29(36)38-5)18-35-30(37)39-19-27-24-12-8-6-10-22(24)23-11-7-9-13-25(23)27/h6-17,27H,18-19H2,1-5H3,(H,35,37). The Hall–Kier alpha value is -3.95. The van der Waals surface area contributed by atoms with E-state index in [4.69, 9.17) is 14.0 Å². The molecule has 5 rings (SSSR count). The monoisotopic (exact) mass is 557 g/mol. The molecule has 0 atom stereocenters. The molecule has 0 aromatic heterocycles. The number of alkyl carbamates (subject to hydrolysis) is 1. The summed E-state index contributed by atoms with van der Waals surface area (Å²) in [6.45, 7) is 7.91. The molecule has 0 saturated carbocycles. The number of fused-ring (bicyclic) bond motifs is 3. The Bertz CT molecular complexity index is 1460. The van der Waals surface area contributed by atoms with E-state index in [1.807, 2.05) is 52.0 Å². The van der Waals surface area contributed by atoms with Gasteiger partial charge in [0.2, 0.25) is 0 Å². The number of benzene rings is 3. The van der Waals surface area contributed by atoms with Crippen LogP contribution >= 0.6 is 0 Å². The fraction of sp³-hybridized carbons (Fsp3) is 0.312. The molecule has 1 heterocycles. The Morgan fingerprint density at radius 2 is 1.54 bits per heavy atom. The molecule has 0 spiro atoms. The van der Waals surface area contributed by atoms with Gasteiger partial charge in [-0.2, -0.15) is 0 Å². The predicted octanol–water partition coefficient (Wildman–Crippen LogP) is 6.17. The Labute approximate surface area is 239 Å². The Balaban J connectivity index is 1.32. The average Bonchev–Trinajstić information content (AvgIpc) is 3.38. The van der Waals surface area contributed by atoms with Gasteiger partial charge in [0.05, 0.1) is 23.9 Å². The first-order valence-electron chi connectivity index (χ1n) is 13.5. The van der Waals surface area contributed by atoms with Gasteiger partial charge in [0.25, 0.3) is 0 Å². The van der Waals surface area contributed by atoms with Crippen molar-refractivity contribution < 1.29 is 32.8 Å². The maximum Gasteiger partial charge on any atom is 0.492 e. The van der Waals surface area contributed by atoms with Gasteiger partial charge in [-0.25, -0.2) is 14.0 Å². The minimum absolute atomic E-state index is 0.0356.